The fourth-order valence-electron chi connectivity index (χ4n) is 0.356. The Balaban J connectivity index is 3.83. The van der Waals surface area contributed by atoms with Gasteiger partial charge in [0.1, 0.15) is 6.04 Å². The van der Waals surface area contributed by atoms with Crippen molar-refractivity contribution >= 4 is 12.0 Å². The number of hydrogen-bond donors (Lipinski definition) is 4. The molecule has 0 aromatic carbocycles. The molecule has 6 nitrogen and oxygen atoms in total. The van der Waals surface area contributed by atoms with Gasteiger partial charge in [0.25, 0.3) is 0 Å². The van der Waals surface area contributed by atoms with Crippen molar-refractivity contribution in [3.8, 4) is 0 Å². The predicted octanol–water partition coefficient (Wildman–Crippen LogP) is -1.90. The quantitative estimate of drug-likeness (QED) is 0.374. The summed E-state index contributed by atoms with van der Waals surface area (Å²) in [5.41, 5.74) is 4.67. The normalized spacial score (nSPS) is 12.1. The molecule has 10 heavy (non-hydrogen) atoms. The maximum absolute atomic E-state index is 10.2. The van der Waals surface area contributed by atoms with Crippen molar-refractivity contribution in [2.75, 3.05) is 6.61 Å². The first-order valence-electron chi connectivity index (χ1n) is 2.47. The molecule has 2 amide bonds. The number of primary amides is 1. The highest BCUT2D eigenvalue weighted by Gasteiger charge is 2.15. The van der Waals surface area contributed by atoms with Crippen LogP contribution in [0.2, 0.25) is 0 Å². The van der Waals surface area contributed by atoms with Crippen molar-refractivity contribution in [3.63, 3.8) is 0 Å². The monoisotopic (exact) mass is 148 g/mol. The van der Waals surface area contributed by atoms with Gasteiger partial charge in [0.05, 0.1) is 6.61 Å². The molecule has 0 aromatic rings. The lowest BCUT2D eigenvalue weighted by Gasteiger charge is -2.07. The van der Waals surface area contributed by atoms with Gasteiger partial charge in [-0.3, -0.25) is 4.79 Å². The minimum Gasteiger partial charge on any atom is -0.465 e. The van der Waals surface area contributed by atoms with Crippen LogP contribution < -0.4 is 11.1 Å². The number of carbonyl (C=O) groups excluding carboxylic acids is 1. The van der Waals surface area contributed by atoms with Crippen LogP contribution in [0, 0.1) is 0 Å². The van der Waals surface area contributed by atoms with E-state index in [9.17, 15) is 9.59 Å². The van der Waals surface area contributed by atoms with Gasteiger partial charge >= 0.3 is 6.09 Å². The number of aliphatic hydroxyl groups excluding tert-OH is 1. The second-order valence-electron chi connectivity index (χ2n) is 1.59. The van der Waals surface area contributed by atoms with Crippen molar-refractivity contribution in [3.05, 3.63) is 0 Å². The van der Waals surface area contributed by atoms with Crippen LogP contribution in [0.3, 0.4) is 0 Å². The first-order valence-corrected chi connectivity index (χ1v) is 2.47. The summed E-state index contributed by atoms with van der Waals surface area (Å²) < 4.78 is 0. The number of carbonyl (C=O) groups is 2. The van der Waals surface area contributed by atoms with Crippen LogP contribution in [0.25, 0.3) is 0 Å². The van der Waals surface area contributed by atoms with E-state index in [1.807, 2.05) is 0 Å². The zero-order valence-electron chi connectivity index (χ0n) is 5.07. The summed E-state index contributed by atoms with van der Waals surface area (Å²) in [5, 5.41) is 18.1. The molecule has 0 radical (unpaired) electrons. The number of rotatable bonds is 3. The molecule has 0 spiro atoms. The van der Waals surface area contributed by atoms with Crippen LogP contribution in [0.15, 0.2) is 0 Å². The van der Waals surface area contributed by atoms with E-state index < -0.39 is 24.6 Å². The Bertz CT molecular complexity index is 146. The largest absolute Gasteiger partial charge is 0.465 e. The number of nitrogens with two attached hydrogens (primary N) is 1. The Morgan fingerprint density at radius 1 is 1.60 bits per heavy atom. The van der Waals surface area contributed by atoms with Gasteiger partial charge in [0.2, 0.25) is 5.91 Å². The molecule has 0 aliphatic heterocycles. The number of carboxylic acid groups (broad SMARTS) is 1. The Labute approximate surface area is 56.6 Å². The molecule has 1 atom stereocenters. The van der Waals surface area contributed by atoms with Crippen LogP contribution in [0.5, 0.6) is 0 Å². The van der Waals surface area contributed by atoms with Crippen molar-refractivity contribution in [1.82, 2.24) is 5.32 Å². The van der Waals surface area contributed by atoms with Crippen molar-refractivity contribution < 1.29 is 19.8 Å². The summed E-state index contributed by atoms with van der Waals surface area (Å²) in [6.45, 7) is -0.623. The highest BCUT2D eigenvalue weighted by molar-refractivity contribution is 5.83. The molecule has 0 bridgehead atoms. The van der Waals surface area contributed by atoms with E-state index in [0.717, 1.165) is 0 Å². The third-order valence-corrected chi connectivity index (χ3v) is 0.824. The van der Waals surface area contributed by atoms with Crippen LogP contribution in [-0.2, 0) is 4.79 Å². The maximum atomic E-state index is 10.2. The Hall–Kier alpha value is -1.30. The topological polar surface area (TPSA) is 113 Å². The molecule has 0 aliphatic carbocycles. The summed E-state index contributed by atoms with van der Waals surface area (Å²) in [6, 6.07) is -1.21. The lowest BCUT2D eigenvalue weighted by molar-refractivity contribution is -0.120. The number of nitrogens with one attached hydrogen (secondary N) is 1. The van der Waals surface area contributed by atoms with E-state index in [1.165, 1.54) is 0 Å². The second-order valence-corrected chi connectivity index (χ2v) is 1.59. The number of aliphatic hydroxyl groups is 1. The van der Waals surface area contributed by atoms with Gasteiger partial charge in [-0.15, -0.1) is 0 Å². The van der Waals surface area contributed by atoms with E-state index in [4.69, 9.17) is 10.2 Å². The fourth-order valence-corrected chi connectivity index (χ4v) is 0.356. The molecule has 5 N–H and O–H groups in total. The summed E-state index contributed by atoms with van der Waals surface area (Å²) in [7, 11) is 0. The van der Waals surface area contributed by atoms with Gasteiger partial charge in [0, 0.05) is 0 Å². The summed E-state index contributed by atoms with van der Waals surface area (Å²) in [6.07, 6.45) is -1.39. The molecule has 0 rings (SSSR count). The van der Waals surface area contributed by atoms with E-state index in [2.05, 4.69) is 5.73 Å². The van der Waals surface area contributed by atoms with Crippen molar-refractivity contribution in [2.45, 2.75) is 6.04 Å². The zero-order chi connectivity index (χ0) is 8.15. The Morgan fingerprint density at radius 3 is 2.20 bits per heavy atom. The van der Waals surface area contributed by atoms with Crippen LogP contribution >= 0.6 is 0 Å². The average molecular weight is 148 g/mol. The highest BCUT2D eigenvalue weighted by atomic mass is 16.4. The molecule has 1 unspecified atom stereocenters. The lowest BCUT2D eigenvalue weighted by atomic mass is 10.3. The third-order valence-electron chi connectivity index (χ3n) is 0.824. The standard InChI is InChI=1S/C4H8N2O4/c5-3(8)2(1-7)6-4(9)10/h2,6-7H,1H2,(H2,5,8)(H,9,10). The van der Waals surface area contributed by atoms with Gasteiger partial charge in [-0.05, 0) is 0 Å². The lowest BCUT2D eigenvalue weighted by Crippen LogP contribution is -2.46. The summed E-state index contributed by atoms with van der Waals surface area (Å²) in [4.78, 5) is 20.0. The van der Waals surface area contributed by atoms with Gasteiger partial charge < -0.3 is 21.3 Å². The van der Waals surface area contributed by atoms with E-state index >= 15 is 0 Å². The highest BCUT2D eigenvalue weighted by Crippen LogP contribution is 1.78. The van der Waals surface area contributed by atoms with Crippen LogP contribution in [0.1, 0.15) is 0 Å². The molecule has 0 saturated carbocycles. The number of hydrogen-bond acceptors (Lipinski definition) is 3. The van der Waals surface area contributed by atoms with E-state index in [0.29, 0.717) is 0 Å². The third kappa shape index (κ3) is 2.88. The zero-order valence-corrected chi connectivity index (χ0v) is 5.07. The van der Waals surface area contributed by atoms with Crippen molar-refractivity contribution in [2.24, 2.45) is 5.73 Å². The summed E-state index contributed by atoms with van der Waals surface area (Å²) in [5.74, 6) is -0.898. The van der Waals surface area contributed by atoms with Crippen LogP contribution in [-0.4, -0.2) is 34.9 Å². The minimum atomic E-state index is -1.39. The first kappa shape index (κ1) is 8.70. The van der Waals surface area contributed by atoms with Crippen LogP contribution in [0.4, 0.5) is 4.79 Å². The van der Waals surface area contributed by atoms with Gasteiger partial charge in [-0.2, -0.15) is 0 Å². The molecule has 6 heteroatoms. The van der Waals surface area contributed by atoms with E-state index in [1.54, 1.807) is 5.32 Å². The molecule has 0 fully saturated rings. The molecule has 0 aromatic heterocycles. The number of amides is 2. The second kappa shape index (κ2) is 3.67. The molecule has 0 heterocycles. The maximum Gasteiger partial charge on any atom is 0.405 e. The van der Waals surface area contributed by atoms with Gasteiger partial charge in [0.15, 0.2) is 0 Å². The Morgan fingerprint density at radius 2 is 2.10 bits per heavy atom. The average Bonchev–Trinajstić information content (AvgIpc) is 1.81. The fraction of sp³-hybridized carbons (Fsp3) is 0.500. The molecule has 58 valence electrons. The SMILES string of the molecule is NC(=O)C(CO)NC(=O)O. The van der Waals surface area contributed by atoms with E-state index in [-0.39, 0.29) is 0 Å². The van der Waals surface area contributed by atoms with Gasteiger partial charge in [-0.25, -0.2) is 4.79 Å². The van der Waals surface area contributed by atoms with Gasteiger partial charge in [-0.1, -0.05) is 0 Å². The minimum absolute atomic E-state index is 0.623. The Kier molecular flexibility index (Phi) is 3.20. The smallest absolute Gasteiger partial charge is 0.405 e. The molecular formula is C4H8N2O4. The molecular weight excluding hydrogens is 140 g/mol. The van der Waals surface area contributed by atoms with Crippen molar-refractivity contribution in [1.29, 1.82) is 0 Å². The molecule has 0 saturated heterocycles. The first-order chi connectivity index (χ1) is 4.57. The molecule has 0 aliphatic rings. The summed E-state index contributed by atoms with van der Waals surface area (Å²) >= 11 is 0. The predicted molar refractivity (Wildman–Crippen MR) is 31.2 cm³/mol.